The molecular weight excluding hydrogens is 208 g/mol. The summed E-state index contributed by atoms with van der Waals surface area (Å²) in [6.45, 7) is 2.75. The van der Waals surface area contributed by atoms with Crippen LogP contribution in [0.2, 0.25) is 0 Å². The molecule has 1 atom stereocenters. The Morgan fingerprint density at radius 2 is 2.55 bits per heavy atom. The first kappa shape index (κ1) is 8.74. The maximum Gasteiger partial charge on any atom is 0.128 e. The van der Waals surface area contributed by atoms with Gasteiger partial charge in [-0.1, -0.05) is 0 Å². The maximum absolute atomic E-state index is 4.99. The van der Waals surface area contributed by atoms with Gasteiger partial charge in [0.2, 0.25) is 0 Å². The lowest BCUT2D eigenvalue weighted by Crippen LogP contribution is -2.11. The molecule has 0 spiro atoms. The molecule has 0 fully saturated rings. The van der Waals surface area contributed by atoms with E-state index in [1.165, 1.54) is 0 Å². The van der Waals surface area contributed by atoms with Gasteiger partial charge in [-0.15, -0.1) is 0 Å². The summed E-state index contributed by atoms with van der Waals surface area (Å²) in [5, 5.41) is 4.18. The van der Waals surface area contributed by atoms with E-state index in [0.29, 0.717) is 12.6 Å². The minimum absolute atomic E-state index is 0.297. The van der Waals surface area contributed by atoms with E-state index >= 15 is 0 Å². The Hall–Kier alpha value is -0.350. The van der Waals surface area contributed by atoms with Crippen LogP contribution in [0.1, 0.15) is 13.0 Å². The van der Waals surface area contributed by atoms with Crippen molar-refractivity contribution in [3.8, 4) is 0 Å². The number of ether oxygens (including phenoxy) is 1. The maximum atomic E-state index is 4.99. The summed E-state index contributed by atoms with van der Waals surface area (Å²) in [4.78, 5) is 0. The highest BCUT2D eigenvalue weighted by atomic mass is 79.9. The molecule has 1 aromatic heterocycles. The lowest BCUT2D eigenvalue weighted by atomic mass is 10.4. The third-order valence-electron chi connectivity index (χ3n) is 1.44. The molecule has 3 nitrogen and oxygen atoms in total. The lowest BCUT2D eigenvalue weighted by molar-refractivity contribution is 0.157. The zero-order valence-electron chi connectivity index (χ0n) is 6.62. The third-order valence-corrected chi connectivity index (χ3v) is 1.86. The van der Waals surface area contributed by atoms with Gasteiger partial charge < -0.3 is 4.74 Å². The van der Waals surface area contributed by atoms with E-state index in [-0.39, 0.29) is 0 Å². The molecule has 1 rings (SSSR count). The van der Waals surface area contributed by atoms with Crippen molar-refractivity contribution in [3.05, 3.63) is 16.9 Å². The Kier molecular flexibility index (Phi) is 3.08. The van der Waals surface area contributed by atoms with Crippen LogP contribution in [0.25, 0.3) is 0 Å². The van der Waals surface area contributed by atoms with Gasteiger partial charge in [0.05, 0.1) is 12.6 Å². The summed E-state index contributed by atoms with van der Waals surface area (Å²) >= 11 is 3.28. The molecular formula is C7H11BrN2O. The molecule has 1 heterocycles. The van der Waals surface area contributed by atoms with Gasteiger partial charge in [-0.25, -0.2) is 0 Å². The normalized spacial score (nSPS) is 13.4. The summed E-state index contributed by atoms with van der Waals surface area (Å²) in [6, 6.07) is 2.21. The third kappa shape index (κ3) is 2.31. The van der Waals surface area contributed by atoms with Crippen molar-refractivity contribution in [1.29, 1.82) is 0 Å². The van der Waals surface area contributed by atoms with E-state index in [4.69, 9.17) is 4.74 Å². The fourth-order valence-corrected chi connectivity index (χ4v) is 1.18. The summed E-state index contributed by atoms with van der Waals surface area (Å²) < 4.78 is 7.72. The van der Waals surface area contributed by atoms with E-state index in [1.54, 1.807) is 7.11 Å². The molecule has 62 valence electrons. The average Bonchev–Trinajstić information content (AvgIpc) is 2.36. The minimum Gasteiger partial charge on any atom is -0.382 e. The van der Waals surface area contributed by atoms with E-state index in [9.17, 15) is 0 Å². The molecule has 0 amide bonds. The Morgan fingerprint density at radius 3 is 3.00 bits per heavy atom. The first-order chi connectivity index (χ1) is 5.24. The molecule has 0 radical (unpaired) electrons. The van der Waals surface area contributed by atoms with Crippen molar-refractivity contribution < 1.29 is 4.74 Å². The van der Waals surface area contributed by atoms with Gasteiger partial charge in [-0.05, 0) is 28.9 Å². The Labute approximate surface area is 74.5 Å². The van der Waals surface area contributed by atoms with Crippen LogP contribution in [-0.2, 0) is 4.74 Å². The number of hydrogen-bond donors (Lipinski definition) is 0. The molecule has 0 aliphatic rings. The molecule has 0 saturated heterocycles. The predicted molar refractivity (Wildman–Crippen MR) is 46.5 cm³/mol. The van der Waals surface area contributed by atoms with Gasteiger partial charge >= 0.3 is 0 Å². The highest BCUT2D eigenvalue weighted by Gasteiger charge is 2.03. The van der Waals surface area contributed by atoms with Gasteiger partial charge in [-0.3, -0.25) is 4.68 Å². The first-order valence-electron chi connectivity index (χ1n) is 3.43. The molecule has 0 aromatic carbocycles. The molecule has 4 heteroatoms. The van der Waals surface area contributed by atoms with Gasteiger partial charge in [0.15, 0.2) is 0 Å². The first-order valence-corrected chi connectivity index (χ1v) is 4.23. The van der Waals surface area contributed by atoms with Crippen LogP contribution in [0.4, 0.5) is 0 Å². The van der Waals surface area contributed by atoms with Crippen LogP contribution in [0.5, 0.6) is 0 Å². The summed E-state index contributed by atoms with van der Waals surface area (Å²) in [5.41, 5.74) is 0. The van der Waals surface area contributed by atoms with Gasteiger partial charge in [0.1, 0.15) is 4.60 Å². The Balaban J connectivity index is 2.60. The second-order valence-corrected chi connectivity index (χ2v) is 3.24. The van der Waals surface area contributed by atoms with Gasteiger partial charge in [0, 0.05) is 13.3 Å². The fourth-order valence-electron chi connectivity index (χ4n) is 0.878. The number of nitrogens with zero attached hydrogens (tertiary/aromatic N) is 2. The molecule has 0 bridgehead atoms. The van der Waals surface area contributed by atoms with Crippen molar-refractivity contribution >= 4 is 15.9 Å². The Bertz CT molecular complexity index is 224. The number of rotatable bonds is 3. The van der Waals surface area contributed by atoms with Crippen LogP contribution in [0.15, 0.2) is 16.9 Å². The molecule has 0 aliphatic carbocycles. The molecule has 0 aliphatic heterocycles. The largest absolute Gasteiger partial charge is 0.382 e. The van der Waals surface area contributed by atoms with Crippen molar-refractivity contribution in [2.45, 2.75) is 13.0 Å². The standard InChI is InChI=1S/C7H11BrN2O/c1-6(5-11-2)10-4-3-7(8)9-10/h3-4,6H,5H2,1-2H3. The van der Waals surface area contributed by atoms with E-state index in [1.807, 2.05) is 16.9 Å². The van der Waals surface area contributed by atoms with Crippen LogP contribution in [0.3, 0.4) is 0 Å². The zero-order chi connectivity index (χ0) is 8.27. The van der Waals surface area contributed by atoms with Crippen LogP contribution in [0, 0.1) is 0 Å². The van der Waals surface area contributed by atoms with Crippen molar-refractivity contribution in [1.82, 2.24) is 9.78 Å². The molecule has 1 unspecified atom stereocenters. The fraction of sp³-hybridized carbons (Fsp3) is 0.571. The van der Waals surface area contributed by atoms with Gasteiger partial charge in [-0.2, -0.15) is 5.10 Å². The topological polar surface area (TPSA) is 27.1 Å². The number of methoxy groups -OCH3 is 1. The quantitative estimate of drug-likeness (QED) is 0.775. The van der Waals surface area contributed by atoms with Crippen LogP contribution in [-0.4, -0.2) is 23.5 Å². The summed E-state index contributed by atoms with van der Waals surface area (Å²) in [7, 11) is 1.69. The van der Waals surface area contributed by atoms with Crippen molar-refractivity contribution in [3.63, 3.8) is 0 Å². The van der Waals surface area contributed by atoms with E-state index < -0.39 is 0 Å². The highest BCUT2D eigenvalue weighted by molar-refractivity contribution is 9.10. The second kappa shape index (κ2) is 3.88. The zero-order valence-corrected chi connectivity index (χ0v) is 8.21. The number of hydrogen-bond acceptors (Lipinski definition) is 2. The summed E-state index contributed by atoms with van der Waals surface area (Å²) in [5.74, 6) is 0. The van der Waals surface area contributed by atoms with E-state index in [2.05, 4.69) is 28.0 Å². The average molecular weight is 219 g/mol. The lowest BCUT2D eigenvalue weighted by Gasteiger charge is -2.09. The van der Waals surface area contributed by atoms with Crippen LogP contribution >= 0.6 is 15.9 Å². The SMILES string of the molecule is COCC(C)n1ccc(Br)n1. The molecule has 0 saturated carbocycles. The second-order valence-electron chi connectivity index (χ2n) is 2.42. The molecule has 0 N–H and O–H groups in total. The van der Waals surface area contributed by atoms with Crippen molar-refractivity contribution in [2.24, 2.45) is 0 Å². The predicted octanol–water partition coefficient (Wildman–Crippen LogP) is 1.85. The van der Waals surface area contributed by atoms with Crippen molar-refractivity contribution in [2.75, 3.05) is 13.7 Å². The monoisotopic (exact) mass is 218 g/mol. The molecule has 1 aromatic rings. The number of halogens is 1. The number of aromatic nitrogens is 2. The Morgan fingerprint density at radius 1 is 1.82 bits per heavy atom. The minimum atomic E-state index is 0.297. The smallest absolute Gasteiger partial charge is 0.128 e. The summed E-state index contributed by atoms with van der Waals surface area (Å²) in [6.07, 6.45) is 1.92. The van der Waals surface area contributed by atoms with Gasteiger partial charge in [0.25, 0.3) is 0 Å². The van der Waals surface area contributed by atoms with Crippen LogP contribution < -0.4 is 0 Å². The van der Waals surface area contributed by atoms with E-state index in [0.717, 1.165) is 4.60 Å². The molecule has 11 heavy (non-hydrogen) atoms. The highest BCUT2D eigenvalue weighted by Crippen LogP contribution is 2.09.